The molecule has 5 aromatic rings. The van der Waals surface area contributed by atoms with Gasteiger partial charge in [0.25, 0.3) is 5.56 Å². The van der Waals surface area contributed by atoms with Crippen LogP contribution in [0, 0.1) is 13.8 Å². The van der Waals surface area contributed by atoms with Crippen LogP contribution >= 0.6 is 0 Å². The van der Waals surface area contributed by atoms with Gasteiger partial charge in [0.05, 0.1) is 31.5 Å². The molecule has 3 heterocycles. The van der Waals surface area contributed by atoms with Gasteiger partial charge in [-0.15, -0.1) is 5.10 Å². The summed E-state index contributed by atoms with van der Waals surface area (Å²) >= 11 is 0. The van der Waals surface area contributed by atoms with Crippen molar-refractivity contribution in [2.45, 2.75) is 39.5 Å². The second-order valence-corrected chi connectivity index (χ2v) is 9.23. The number of aromatic amines is 1. The molecule has 0 amide bonds. The quantitative estimate of drug-likeness (QED) is 0.308. The molecule has 0 unspecified atom stereocenters. The molecule has 0 saturated carbocycles. The molecule has 0 aliphatic rings. The van der Waals surface area contributed by atoms with Gasteiger partial charge in [0.2, 0.25) is 0 Å². The molecule has 190 valence electrons. The van der Waals surface area contributed by atoms with Crippen molar-refractivity contribution < 1.29 is 9.15 Å². The molecule has 2 aromatic carbocycles. The smallest absolute Gasteiger partial charge is 0.253 e. The van der Waals surface area contributed by atoms with E-state index >= 15 is 0 Å². The number of nitrogens with zero attached hydrogens (tertiary/aromatic N) is 5. The van der Waals surface area contributed by atoms with Crippen LogP contribution in [-0.4, -0.2) is 43.8 Å². The highest BCUT2D eigenvalue weighted by Gasteiger charge is 2.31. The Morgan fingerprint density at radius 2 is 1.92 bits per heavy atom. The monoisotopic (exact) mass is 498 g/mol. The van der Waals surface area contributed by atoms with Crippen molar-refractivity contribution in [3.8, 4) is 0 Å². The minimum Gasteiger partial charge on any atom is -0.468 e. The number of hydrogen-bond donors (Lipinski definition) is 1. The molecule has 0 aliphatic heterocycles. The number of benzene rings is 2. The summed E-state index contributed by atoms with van der Waals surface area (Å²) in [4.78, 5) is 19.0. The predicted octanol–water partition coefficient (Wildman–Crippen LogP) is 4.16. The van der Waals surface area contributed by atoms with E-state index < -0.39 is 6.04 Å². The van der Waals surface area contributed by atoms with Crippen molar-refractivity contribution in [1.29, 1.82) is 0 Å². The Kier molecular flexibility index (Phi) is 7.25. The number of fused-ring (bicyclic) bond motifs is 1. The molecule has 0 saturated heterocycles. The number of furan rings is 1. The zero-order chi connectivity index (χ0) is 25.8. The SMILES string of the molecule is COCCn1nnnc1[C@H](c1cc2cc(C)cc(C)c2[nH]c1=O)N(Cc1ccccc1)Cc1ccco1. The van der Waals surface area contributed by atoms with Crippen molar-refractivity contribution in [2.75, 3.05) is 13.7 Å². The van der Waals surface area contributed by atoms with Crippen LogP contribution in [0.2, 0.25) is 0 Å². The summed E-state index contributed by atoms with van der Waals surface area (Å²) in [5.74, 6) is 1.34. The summed E-state index contributed by atoms with van der Waals surface area (Å²) in [7, 11) is 1.64. The maximum Gasteiger partial charge on any atom is 0.253 e. The minimum atomic E-state index is -0.550. The summed E-state index contributed by atoms with van der Waals surface area (Å²) in [5.41, 5.74) is 4.46. The third-order valence-electron chi connectivity index (χ3n) is 6.46. The van der Waals surface area contributed by atoms with Crippen molar-refractivity contribution in [3.63, 3.8) is 0 Å². The molecule has 0 radical (unpaired) electrons. The summed E-state index contributed by atoms with van der Waals surface area (Å²) in [6.07, 6.45) is 1.65. The molecule has 0 fully saturated rings. The molecule has 37 heavy (non-hydrogen) atoms. The van der Waals surface area contributed by atoms with Crippen LogP contribution in [0.3, 0.4) is 0 Å². The van der Waals surface area contributed by atoms with E-state index in [2.05, 4.69) is 56.6 Å². The van der Waals surface area contributed by atoms with Crippen LogP contribution in [0.5, 0.6) is 0 Å². The largest absolute Gasteiger partial charge is 0.468 e. The molecule has 9 heteroatoms. The van der Waals surface area contributed by atoms with Crippen molar-refractivity contribution in [3.05, 3.63) is 111 Å². The molecule has 0 spiro atoms. The van der Waals surface area contributed by atoms with Gasteiger partial charge in [0, 0.05) is 19.2 Å². The van der Waals surface area contributed by atoms with Crippen LogP contribution in [0.1, 0.15) is 39.9 Å². The molecule has 3 aromatic heterocycles. The van der Waals surface area contributed by atoms with E-state index in [9.17, 15) is 4.79 Å². The summed E-state index contributed by atoms with van der Waals surface area (Å²) in [6, 6.07) is 19.5. The fourth-order valence-electron chi connectivity index (χ4n) is 4.81. The van der Waals surface area contributed by atoms with Crippen LogP contribution in [0.15, 0.2) is 76.1 Å². The van der Waals surface area contributed by atoms with Gasteiger partial charge in [-0.25, -0.2) is 4.68 Å². The van der Waals surface area contributed by atoms with E-state index in [1.54, 1.807) is 18.1 Å². The average molecular weight is 499 g/mol. The van der Waals surface area contributed by atoms with Crippen molar-refractivity contribution in [1.82, 2.24) is 30.1 Å². The van der Waals surface area contributed by atoms with E-state index in [0.717, 1.165) is 33.4 Å². The number of hydrogen-bond acceptors (Lipinski definition) is 7. The highest BCUT2D eigenvalue weighted by molar-refractivity contribution is 5.83. The maximum absolute atomic E-state index is 13.7. The summed E-state index contributed by atoms with van der Waals surface area (Å²) in [6.45, 7) is 5.96. The third kappa shape index (κ3) is 5.37. The van der Waals surface area contributed by atoms with Crippen LogP contribution in [0.4, 0.5) is 0 Å². The molecule has 0 aliphatic carbocycles. The van der Waals surface area contributed by atoms with E-state index in [-0.39, 0.29) is 5.56 Å². The highest BCUT2D eigenvalue weighted by atomic mass is 16.5. The number of tetrazole rings is 1. The Labute approximate surface area is 214 Å². The molecule has 0 bridgehead atoms. The van der Waals surface area contributed by atoms with Gasteiger partial charge in [0.1, 0.15) is 11.8 Å². The van der Waals surface area contributed by atoms with E-state index in [4.69, 9.17) is 9.15 Å². The Morgan fingerprint density at radius 3 is 2.68 bits per heavy atom. The first-order valence-corrected chi connectivity index (χ1v) is 12.2. The first-order valence-electron chi connectivity index (χ1n) is 12.2. The van der Waals surface area contributed by atoms with Crippen molar-refractivity contribution in [2.24, 2.45) is 0 Å². The number of H-pyrrole nitrogens is 1. The molecular formula is C28H30N6O3. The molecule has 1 N–H and O–H groups in total. The van der Waals surface area contributed by atoms with Crippen LogP contribution in [-0.2, 0) is 24.4 Å². The number of aryl methyl sites for hydroxylation is 2. The predicted molar refractivity (Wildman–Crippen MR) is 140 cm³/mol. The Morgan fingerprint density at radius 1 is 1.08 bits per heavy atom. The van der Waals surface area contributed by atoms with E-state index in [1.807, 2.05) is 43.3 Å². The standard InChI is InChI=1S/C28H30N6O3/c1-19-14-20(2)25-22(15-19)16-24(28(35)29-25)26(27-30-31-32-34(27)11-13-36-3)33(18-23-10-7-12-37-23)17-21-8-5-4-6-9-21/h4-10,12,14-16,26H,11,13,17-18H2,1-3H3,(H,29,35)/t26-/m0/s1. The average Bonchev–Trinajstić information content (AvgIpc) is 3.57. The molecule has 1 atom stereocenters. The number of ether oxygens (including phenoxy) is 1. The first kappa shape index (κ1) is 24.6. The lowest BCUT2D eigenvalue weighted by Crippen LogP contribution is -2.35. The number of aromatic nitrogens is 5. The van der Waals surface area contributed by atoms with Gasteiger partial charge in [-0.2, -0.15) is 0 Å². The molecular weight excluding hydrogens is 468 g/mol. The number of rotatable bonds is 10. The second-order valence-electron chi connectivity index (χ2n) is 9.23. The number of nitrogens with one attached hydrogen (secondary N) is 1. The molecule has 9 nitrogen and oxygen atoms in total. The lowest BCUT2D eigenvalue weighted by Gasteiger charge is -2.30. The fraction of sp³-hybridized carbons (Fsp3) is 0.286. The van der Waals surface area contributed by atoms with Crippen LogP contribution < -0.4 is 5.56 Å². The molecule has 5 rings (SSSR count). The van der Waals surface area contributed by atoms with Gasteiger partial charge in [-0.1, -0.05) is 42.0 Å². The normalized spacial score (nSPS) is 12.4. The number of pyridine rings is 1. The summed E-state index contributed by atoms with van der Waals surface area (Å²) in [5, 5.41) is 13.6. The fourth-order valence-corrected chi connectivity index (χ4v) is 4.81. The van der Waals surface area contributed by atoms with Gasteiger partial charge < -0.3 is 14.1 Å². The van der Waals surface area contributed by atoms with Gasteiger partial charge in [-0.05, 0) is 65.1 Å². The Bertz CT molecular complexity index is 1530. The zero-order valence-electron chi connectivity index (χ0n) is 21.2. The zero-order valence-corrected chi connectivity index (χ0v) is 21.2. The summed E-state index contributed by atoms with van der Waals surface area (Å²) < 4.78 is 12.7. The Balaban J connectivity index is 1.70. The maximum atomic E-state index is 13.7. The lowest BCUT2D eigenvalue weighted by atomic mass is 10.00. The van der Waals surface area contributed by atoms with Gasteiger partial charge >= 0.3 is 0 Å². The van der Waals surface area contributed by atoms with Crippen molar-refractivity contribution >= 4 is 10.9 Å². The Hall–Kier alpha value is -4.08. The third-order valence-corrected chi connectivity index (χ3v) is 6.46. The van der Waals surface area contributed by atoms with E-state index in [0.29, 0.717) is 37.6 Å². The van der Waals surface area contributed by atoms with Gasteiger partial charge in [0.15, 0.2) is 5.82 Å². The topological polar surface area (TPSA) is 102 Å². The minimum absolute atomic E-state index is 0.178. The van der Waals surface area contributed by atoms with Crippen LogP contribution in [0.25, 0.3) is 10.9 Å². The second kappa shape index (κ2) is 10.9. The first-order chi connectivity index (χ1) is 18.0. The lowest BCUT2D eigenvalue weighted by molar-refractivity contribution is 0.163. The van der Waals surface area contributed by atoms with Gasteiger partial charge in [-0.3, -0.25) is 9.69 Å². The highest BCUT2D eigenvalue weighted by Crippen LogP contribution is 2.31. The number of methoxy groups -OCH3 is 1. The van der Waals surface area contributed by atoms with E-state index in [1.165, 1.54) is 0 Å².